The zero-order valence-corrected chi connectivity index (χ0v) is 16.8. The molecule has 1 aliphatic carbocycles. The molecule has 1 aromatic heterocycles. The van der Waals surface area contributed by atoms with Crippen LogP contribution in [0.5, 0.6) is 0 Å². The lowest BCUT2D eigenvalue weighted by atomic mass is 9.86. The molecular formula is C26H20N2O2. The highest BCUT2D eigenvalue weighted by atomic mass is 16.3. The SMILES string of the molecule is CN1/C(=C/C2=C([O-])C(=C/c3ccc4ccccc4[n+]3C)/C2=O)C=Cc2ccccc21. The Morgan fingerprint density at radius 1 is 0.933 bits per heavy atom. The summed E-state index contributed by atoms with van der Waals surface area (Å²) in [6.07, 6.45) is 7.31. The Balaban J connectivity index is 1.50. The quantitative estimate of drug-likeness (QED) is 0.497. The molecule has 0 amide bonds. The minimum Gasteiger partial charge on any atom is -0.871 e. The molecule has 4 nitrogen and oxygen atoms in total. The fourth-order valence-corrected chi connectivity index (χ4v) is 4.00. The van der Waals surface area contributed by atoms with Gasteiger partial charge in [-0.2, -0.15) is 4.57 Å². The van der Waals surface area contributed by atoms with E-state index in [1.165, 1.54) is 0 Å². The largest absolute Gasteiger partial charge is 0.871 e. The van der Waals surface area contributed by atoms with Crippen LogP contribution < -0.4 is 14.6 Å². The number of hydrogen-bond acceptors (Lipinski definition) is 3. The van der Waals surface area contributed by atoms with Gasteiger partial charge in [-0.15, -0.1) is 0 Å². The second-order valence-electron chi connectivity index (χ2n) is 7.53. The van der Waals surface area contributed by atoms with Crippen LogP contribution in [-0.2, 0) is 11.8 Å². The summed E-state index contributed by atoms with van der Waals surface area (Å²) in [5.74, 6) is -0.414. The van der Waals surface area contributed by atoms with Crippen molar-refractivity contribution in [1.82, 2.24) is 0 Å². The fourth-order valence-electron chi connectivity index (χ4n) is 4.00. The van der Waals surface area contributed by atoms with E-state index in [2.05, 4.69) is 0 Å². The van der Waals surface area contributed by atoms with Gasteiger partial charge in [-0.3, -0.25) is 4.79 Å². The number of aromatic nitrogens is 1. The first kappa shape index (κ1) is 18.1. The van der Waals surface area contributed by atoms with Gasteiger partial charge in [-0.1, -0.05) is 42.2 Å². The van der Waals surface area contributed by atoms with Crippen molar-refractivity contribution in [1.29, 1.82) is 0 Å². The smallest absolute Gasteiger partial charge is 0.212 e. The number of Topliss-reactive ketones (excluding diaryl/α,β-unsaturated/α-hetero) is 1. The third-order valence-corrected chi connectivity index (χ3v) is 5.80. The van der Waals surface area contributed by atoms with Crippen LogP contribution in [0.1, 0.15) is 11.3 Å². The first-order valence-corrected chi connectivity index (χ1v) is 9.83. The lowest BCUT2D eigenvalue weighted by Crippen LogP contribution is -2.35. The number of rotatable bonds is 2. The monoisotopic (exact) mass is 392 g/mol. The summed E-state index contributed by atoms with van der Waals surface area (Å²) in [5.41, 5.74) is 5.31. The van der Waals surface area contributed by atoms with Crippen LogP contribution in [0.15, 0.2) is 95.4 Å². The van der Waals surface area contributed by atoms with E-state index in [0.717, 1.165) is 33.5 Å². The van der Waals surface area contributed by atoms with Gasteiger partial charge in [0.05, 0.1) is 0 Å². The van der Waals surface area contributed by atoms with Crippen molar-refractivity contribution < 1.29 is 14.5 Å². The van der Waals surface area contributed by atoms with Crippen LogP contribution in [0.3, 0.4) is 0 Å². The predicted molar refractivity (Wildman–Crippen MR) is 117 cm³/mol. The van der Waals surface area contributed by atoms with Crippen LogP contribution in [0.25, 0.3) is 23.1 Å². The van der Waals surface area contributed by atoms with E-state index in [1.54, 1.807) is 12.2 Å². The number of ketones is 1. The number of fused-ring (bicyclic) bond motifs is 2. The number of allylic oxidation sites excluding steroid dienone is 4. The Labute approximate surface area is 175 Å². The standard InChI is InChI=1S/C26H20N2O2/c1-27-19(13-11-17-7-3-5-9-23(17)27)15-21-25(29)22(26(21)30)16-20-14-12-18-8-4-6-10-24(18)28(20)2/h3-16H,1-2H3. The van der Waals surface area contributed by atoms with Crippen LogP contribution in [0.4, 0.5) is 5.69 Å². The Bertz CT molecular complexity index is 1340. The number of anilines is 1. The lowest BCUT2D eigenvalue weighted by molar-refractivity contribution is -0.646. The number of carbonyl (C=O) groups excluding carboxylic acids is 1. The molecule has 0 saturated heterocycles. The van der Waals surface area contributed by atoms with Gasteiger partial charge in [0.2, 0.25) is 11.2 Å². The summed E-state index contributed by atoms with van der Waals surface area (Å²) >= 11 is 0. The summed E-state index contributed by atoms with van der Waals surface area (Å²) in [4.78, 5) is 14.7. The molecule has 0 unspecified atom stereocenters. The number of hydrogen-bond donors (Lipinski definition) is 0. The van der Waals surface area contributed by atoms with Gasteiger partial charge >= 0.3 is 0 Å². The number of para-hydroxylation sites is 2. The Morgan fingerprint density at radius 2 is 1.70 bits per heavy atom. The number of likely N-dealkylation sites (N-methyl/N-ethyl adjacent to an activating group) is 1. The highest BCUT2D eigenvalue weighted by molar-refractivity contribution is 6.23. The zero-order valence-electron chi connectivity index (χ0n) is 16.8. The van der Waals surface area contributed by atoms with Gasteiger partial charge in [-0.25, -0.2) is 0 Å². The average molecular weight is 392 g/mol. The maximum Gasteiger partial charge on any atom is 0.212 e. The van der Waals surface area contributed by atoms with Gasteiger partial charge in [0.1, 0.15) is 7.05 Å². The van der Waals surface area contributed by atoms with E-state index in [9.17, 15) is 9.90 Å². The van der Waals surface area contributed by atoms with Crippen LogP contribution in [0, 0.1) is 0 Å². The Morgan fingerprint density at radius 3 is 2.53 bits per heavy atom. The second-order valence-corrected chi connectivity index (χ2v) is 7.53. The summed E-state index contributed by atoms with van der Waals surface area (Å²) < 4.78 is 1.99. The van der Waals surface area contributed by atoms with Gasteiger partial charge in [0.15, 0.2) is 5.78 Å². The summed E-state index contributed by atoms with van der Waals surface area (Å²) in [6, 6.07) is 20.0. The predicted octanol–water partition coefficient (Wildman–Crippen LogP) is 3.29. The zero-order chi connectivity index (χ0) is 20.8. The molecule has 2 aromatic carbocycles. The van der Waals surface area contributed by atoms with Crippen LogP contribution in [0.2, 0.25) is 0 Å². The summed E-state index contributed by atoms with van der Waals surface area (Å²) in [7, 11) is 3.88. The molecule has 0 N–H and O–H groups in total. The van der Waals surface area contributed by atoms with Crippen LogP contribution >= 0.6 is 0 Å². The molecule has 2 aliphatic rings. The third kappa shape index (κ3) is 2.77. The number of carbonyl (C=O) groups is 1. The van der Waals surface area contributed by atoms with Crippen molar-refractivity contribution in [3.63, 3.8) is 0 Å². The topological polar surface area (TPSA) is 47.2 Å². The highest BCUT2D eigenvalue weighted by Crippen LogP contribution is 2.34. The minimum absolute atomic E-state index is 0.207. The van der Waals surface area contributed by atoms with Crippen molar-refractivity contribution in [2.45, 2.75) is 0 Å². The molecule has 146 valence electrons. The molecular weight excluding hydrogens is 372 g/mol. The Hall–Kier alpha value is -3.92. The first-order valence-electron chi connectivity index (χ1n) is 9.83. The van der Waals surface area contributed by atoms with Gasteiger partial charge in [0, 0.05) is 53.2 Å². The molecule has 1 aliphatic heterocycles. The molecule has 0 radical (unpaired) electrons. The van der Waals surface area contributed by atoms with Crippen molar-refractivity contribution in [3.8, 4) is 0 Å². The minimum atomic E-state index is -0.207. The van der Waals surface area contributed by atoms with Crippen molar-refractivity contribution in [3.05, 3.63) is 107 Å². The molecule has 0 bridgehead atoms. The van der Waals surface area contributed by atoms with Gasteiger partial charge in [0.25, 0.3) is 0 Å². The van der Waals surface area contributed by atoms with E-state index >= 15 is 0 Å². The van der Waals surface area contributed by atoms with Gasteiger partial charge in [-0.05, 0) is 35.9 Å². The molecule has 0 atom stereocenters. The van der Waals surface area contributed by atoms with Crippen molar-refractivity contribution >= 4 is 34.5 Å². The summed E-state index contributed by atoms with van der Waals surface area (Å²) in [5, 5.41) is 13.9. The normalized spacial score (nSPS) is 18.3. The van der Waals surface area contributed by atoms with E-state index in [1.807, 2.05) is 96.4 Å². The summed E-state index contributed by atoms with van der Waals surface area (Å²) in [6.45, 7) is 0. The average Bonchev–Trinajstić information content (AvgIpc) is 2.78. The van der Waals surface area contributed by atoms with E-state index in [-0.39, 0.29) is 22.7 Å². The third-order valence-electron chi connectivity index (χ3n) is 5.80. The number of benzene rings is 2. The molecule has 30 heavy (non-hydrogen) atoms. The Kier molecular flexibility index (Phi) is 4.14. The maximum atomic E-state index is 12.8. The molecule has 0 fully saturated rings. The second kappa shape index (κ2) is 6.85. The fraction of sp³-hybridized carbons (Fsp3) is 0.0769. The molecule has 0 saturated carbocycles. The number of nitrogens with zero attached hydrogens (tertiary/aromatic N) is 2. The van der Waals surface area contributed by atoms with E-state index in [0.29, 0.717) is 0 Å². The number of aryl methyl sites for hydroxylation is 1. The van der Waals surface area contributed by atoms with Crippen LogP contribution in [-0.4, -0.2) is 12.8 Å². The van der Waals surface area contributed by atoms with E-state index in [4.69, 9.17) is 0 Å². The van der Waals surface area contributed by atoms with Crippen molar-refractivity contribution in [2.75, 3.05) is 11.9 Å². The molecule has 2 heterocycles. The molecule has 4 heteroatoms. The maximum absolute atomic E-state index is 12.8. The van der Waals surface area contributed by atoms with E-state index < -0.39 is 0 Å². The van der Waals surface area contributed by atoms with Crippen molar-refractivity contribution in [2.24, 2.45) is 7.05 Å². The molecule has 0 spiro atoms. The number of pyridine rings is 1. The highest BCUT2D eigenvalue weighted by Gasteiger charge is 2.28. The lowest BCUT2D eigenvalue weighted by Gasteiger charge is -2.31. The van der Waals surface area contributed by atoms with Gasteiger partial charge < -0.3 is 10.0 Å². The molecule has 5 rings (SSSR count). The molecule has 3 aromatic rings. The first-order chi connectivity index (χ1) is 14.5.